The molecule has 0 saturated carbocycles. The predicted molar refractivity (Wildman–Crippen MR) is 93.2 cm³/mol. The van der Waals surface area contributed by atoms with E-state index >= 15 is 0 Å². The molecule has 3 aromatic rings. The number of rotatable bonds is 3. The van der Waals surface area contributed by atoms with Gasteiger partial charge in [-0.15, -0.1) is 0 Å². The lowest BCUT2D eigenvalue weighted by atomic mass is 10.1. The normalized spacial score (nSPS) is 11.5. The smallest absolute Gasteiger partial charge is 0.223 e. The summed E-state index contributed by atoms with van der Waals surface area (Å²) in [5.41, 5.74) is 1.58. The van der Waals surface area contributed by atoms with Gasteiger partial charge < -0.3 is 10.6 Å². The highest BCUT2D eigenvalue weighted by molar-refractivity contribution is 6.31. The van der Waals surface area contributed by atoms with Crippen LogP contribution in [0.4, 0.5) is 21.8 Å². The van der Waals surface area contributed by atoms with Crippen LogP contribution in [0.2, 0.25) is 5.02 Å². The molecule has 2 N–H and O–H groups in total. The number of hydrogen-bond donors (Lipinski definition) is 2. The zero-order valence-electron chi connectivity index (χ0n) is 13.4. The molecule has 0 aliphatic heterocycles. The highest BCUT2D eigenvalue weighted by Crippen LogP contribution is 2.25. The van der Waals surface area contributed by atoms with Gasteiger partial charge in [0, 0.05) is 11.2 Å². The molecule has 0 unspecified atom stereocenters. The van der Waals surface area contributed by atoms with Gasteiger partial charge in [0.05, 0.1) is 11.2 Å². The van der Waals surface area contributed by atoms with E-state index in [0.717, 1.165) is 0 Å². The maximum absolute atomic E-state index is 13.3. The highest BCUT2D eigenvalue weighted by Gasteiger charge is 2.14. The Morgan fingerprint density at radius 2 is 1.92 bits per heavy atom. The van der Waals surface area contributed by atoms with Crippen molar-refractivity contribution in [3.8, 4) is 0 Å². The van der Waals surface area contributed by atoms with Crippen LogP contribution in [-0.4, -0.2) is 25.5 Å². The summed E-state index contributed by atoms with van der Waals surface area (Å²) in [5, 5.41) is 6.32. The van der Waals surface area contributed by atoms with E-state index in [0.29, 0.717) is 28.5 Å². The third-order valence-electron chi connectivity index (χ3n) is 3.05. The second-order valence-corrected chi connectivity index (χ2v) is 6.69. The minimum absolute atomic E-state index is 0.0306. The molecule has 8 heteroatoms. The van der Waals surface area contributed by atoms with Crippen molar-refractivity contribution in [2.45, 2.75) is 26.3 Å². The van der Waals surface area contributed by atoms with Crippen LogP contribution in [-0.2, 0) is 0 Å². The summed E-state index contributed by atoms with van der Waals surface area (Å²) in [7, 11) is 0. The molecule has 0 fully saturated rings. The first-order valence-electron chi connectivity index (χ1n) is 7.30. The van der Waals surface area contributed by atoms with Gasteiger partial charge in [-0.1, -0.05) is 11.6 Å². The molecular weight excluding hydrogens is 331 g/mol. The first-order chi connectivity index (χ1) is 11.3. The van der Waals surface area contributed by atoms with Crippen molar-refractivity contribution in [3.05, 3.63) is 41.6 Å². The Balaban J connectivity index is 2.00. The van der Waals surface area contributed by atoms with E-state index in [-0.39, 0.29) is 10.6 Å². The molecule has 24 heavy (non-hydrogen) atoms. The van der Waals surface area contributed by atoms with Crippen LogP contribution >= 0.6 is 11.6 Å². The van der Waals surface area contributed by atoms with Crippen molar-refractivity contribution in [2.75, 3.05) is 10.6 Å². The number of nitrogens with one attached hydrogen (secondary N) is 2. The zero-order chi connectivity index (χ0) is 17.3. The molecule has 1 aromatic carbocycles. The Bertz CT molecular complexity index is 893. The van der Waals surface area contributed by atoms with Crippen LogP contribution in [0, 0.1) is 5.82 Å². The maximum Gasteiger partial charge on any atom is 0.223 e. The molecule has 6 nitrogen and oxygen atoms in total. The average Bonchev–Trinajstić information content (AvgIpc) is 2.50. The van der Waals surface area contributed by atoms with E-state index in [9.17, 15) is 4.39 Å². The summed E-state index contributed by atoms with van der Waals surface area (Å²) in [5.74, 6) is 0.487. The Hall–Kier alpha value is -2.54. The van der Waals surface area contributed by atoms with Gasteiger partial charge in [0.25, 0.3) is 0 Å². The summed E-state index contributed by atoms with van der Waals surface area (Å²) in [6, 6.07) is 4.35. The van der Waals surface area contributed by atoms with E-state index < -0.39 is 5.82 Å². The van der Waals surface area contributed by atoms with Crippen LogP contribution in [0.5, 0.6) is 0 Å². The molecular formula is C16H16ClFN6. The molecule has 124 valence electrons. The van der Waals surface area contributed by atoms with Gasteiger partial charge in [-0.25, -0.2) is 24.3 Å². The second-order valence-electron chi connectivity index (χ2n) is 6.28. The van der Waals surface area contributed by atoms with E-state index in [2.05, 4.69) is 30.6 Å². The van der Waals surface area contributed by atoms with E-state index in [1.54, 1.807) is 12.3 Å². The van der Waals surface area contributed by atoms with Gasteiger partial charge in [0.2, 0.25) is 5.95 Å². The molecule has 2 aromatic heterocycles. The number of fused-ring (bicyclic) bond motifs is 1. The maximum atomic E-state index is 13.3. The highest BCUT2D eigenvalue weighted by atomic mass is 35.5. The fourth-order valence-corrected chi connectivity index (χ4v) is 2.23. The Labute approximate surface area is 143 Å². The largest absolute Gasteiger partial charge is 0.350 e. The number of anilines is 3. The fourth-order valence-electron chi connectivity index (χ4n) is 2.05. The third kappa shape index (κ3) is 3.68. The lowest BCUT2D eigenvalue weighted by Gasteiger charge is -2.20. The van der Waals surface area contributed by atoms with Crippen LogP contribution in [0.3, 0.4) is 0 Å². The molecule has 0 aliphatic carbocycles. The molecule has 3 rings (SSSR count). The molecule has 0 aliphatic rings. The Morgan fingerprint density at radius 3 is 2.62 bits per heavy atom. The van der Waals surface area contributed by atoms with E-state index in [4.69, 9.17) is 11.6 Å². The van der Waals surface area contributed by atoms with Crippen molar-refractivity contribution < 1.29 is 4.39 Å². The molecule has 0 bridgehead atoms. The van der Waals surface area contributed by atoms with Gasteiger partial charge >= 0.3 is 0 Å². The van der Waals surface area contributed by atoms with Crippen molar-refractivity contribution in [1.29, 1.82) is 0 Å². The van der Waals surface area contributed by atoms with Crippen LogP contribution < -0.4 is 10.6 Å². The van der Waals surface area contributed by atoms with Crippen molar-refractivity contribution in [3.63, 3.8) is 0 Å². The minimum atomic E-state index is -0.478. The SMILES string of the molecule is CC(C)(C)Nc1ncc2ncnc(Nc3ccc(F)c(Cl)c3)c2n1. The quantitative estimate of drug-likeness (QED) is 0.741. The van der Waals surface area contributed by atoms with Gasteiger partial charge in [0.15, 0.2) is 5.82 Å². The summed E-state index contributed by atoms with van der Waals surface area (Å²) in [6.07, 6.45) is 3.04. The van der Waals surface area contributed by atoms with Crippen LogP contribution in [0.1, 0.15) is 20.8 Å². The molecule has 0 amide bonds. The fraction of sp³-hybridized carbons (Fsp3) is 0.250. The monoisotopic (exact) mass is 346 g/mol. The summed E-state index contributed by atoms with van der Waals surface area (Å²) >= 11 is 5.81. The number of hydrogen-bond acceptors (Lipinski definition) is 6. The molecule has 0 atom stereocenters. The predicted octanol–water partition coefficient (Wildman–Crippen LogP) is 4.17. The number of benzene rings is 1. The molecule has 2 heterocycles. The number of nitrogens with zero attached hydrogens (tertiary/aromatic N) is 4. The second kappa shape index (κ2) is 6.16. The molecule has 0 saturated heterocycles. The minimum Gasteiger partial charge on any atom is -0.350 e. The Kier molecular flexibility index (Phi) is 4.19. The zero-order valence-corrected chi connectivity index (χ0v) is 14.2. The van der Waals surface area contributed by atoms with Gasteiger partial charge in [-0.3, -0.25) is 0 Å². The number of halogens is 2. The summed E-state index contributed by atoms with van der Waals surface area (Å²) in [6.45, 7) is 6.05. The van der Waals surface area contributed by atoms with Crippen molar-refractivity contribution >= 4 is 40.1 Å². The average molecular weight is 347 g/mol. The first-order valence-corrected chi connectivity index (χ1v) is 7.68. The van der Waals surface area contributed by atoms with Gasteiger partial charge in [-0.05, 0) is 39.0 Å². The third-order valence-corrected chi connectivity index (χ3v) is 3.34. The topological polar surface area (TPSA) is 75.6 Å². The Morgan fingerprint density at radius 1 is 1.12 bits per heavy atom. The molecule has 0 spiro atoms. The lowest BCUT2D eigenvalue weighted by molar-refractivity contribution is 0.626. The molecule has 0 radical (unpaired) electrons. The van der Waals surface area contributed by atoms with E-state index in [1.807, 2.05) is 20.8 Å². The number of aromatic nitrogens is 4. The van der Waals surface area contributed by atoms with Gasteiger partial charge in [0.1, 0.15) is 23.2 Å². The van der Waals surface area contributed by atoms with Gasteiger partial charge in [-0.2, -0.15) is 0 Å². The standard InChI is InChI=1S/C16H16ClFN6/c1-16(2,3)24-15-19-7-12-13(23-15)14(21-8-20-12)22-9-4-5-11(18)10(17)6-9/h4-8H,1-3H3,(H,19,23,24)(H,20,21,22). The van der Waals surface area contributed by atoms with Crippen LogP contribution in [0.25, 0.3) is 11.0 Å². The lowest BCUT2D eigenvalue weighted by Crippen LogP contribution is -2.27. The van der Waals surface area contributed by atoms with Crippen LogP contribution in [0.15, 0.2) is 30.7 Å². The van der Waals surface area contributed by atoms with Crippen molar-refractivity contribution in [2.24, 2.45) is 0 Å². The summed E-state index contributed by atoms with van der Waals surface area (Å²) < 4.78 is 13.3. The first kappa shape index (κ1) is 16.3. The van der Waals surface area contributed by atoms with Crippen molar-refractivity contribution in [1.82, 2.24) is 19.9 Å². The van der Waals surface area contributed by atoms with E-state index in [1.165, 1.54) is 18.5 Å². The summed E-state index contributed by atoms with van der Waals surface area (Å²) in [4.78, 5) is 17.1.